The third-order valence-electron chi connectivity index (χ3n) is 3.54. The fraction of sp³-hybridized carbons (Fsp3) is 0.571. The maximum Gasteiger partial charge on any atom is 0.129 e. The van der Waals surface area contributed by atoms with E-state index in [9.17, 15) is 8.78 Å². The van der Waals surface area contributed by atoms with Crippen molar-refractivity contribution in [3.63, 3.8) is 0 Å². The Kier molecular flexibility index (Phi) is 4.11. The molecule has 2 rings (SSSR count). The number of benzene rings is 1. The van der Waals surface area contributed by atoms with E-state index in [4.69, 9.17) is 0 Å². The van der Waals surface area contributed by atoms with Gasteiger partial charge in [-0.3, -0.25) is 0 Å². The summed E-state index contributed by atoms with van der Waals surface area (Å²) in [5, 5.41) is 3.32. The summed E-state index contributed by atoms with van der Waals surface area (Å²) in [7, 11) is 1.99. The Morgan fingerprint density at radius 2 is 2.12 bits per heavy atom. The Labute approximate surface area is 101 Å². The van der Waals surface area contributed by atoms with Gasteiger partial charge in [-0.05, 0) is 56.7 Å². The zero-order valence-corrected chi connectivity index (χ0v) is 10.2. The molecular weight excluding hydrogens is 220 g/mol. The molecule has 1 nitrogen and oxygen atoms in total. The predicted octanol–water partition coefficient (Wildman–Crippen LogP) is 3.29. The van der Waals surface area contributed by atoms with Crippen molar-refractivity contribution in [2.75, 3.05) is 7.05 Å². The second kappa shape index (κ2) is 5.58. The highest BCUT2D eigenvalue weighted by Crippen LogP contribution is 2.34. The molecule has 1 aliphatic rings. The molecular formula is C14H19F2N. The highest BCUT2D eigenvalue weighted by molar-refractivity contribution is 5.18. The van der Waals surface area contributed by atoms with Gasteiger partial charge in [-0.25, -0.2) is 8.78 Å². The Morgan fingerprint density at radius 3 is 2.71 bits per heavy atom. The maximum absolute atomic E-state index is 13.4. The van der Waals surface area contributed by atoms with Crippen molar-refractivity contribution in [1.82, 2.24) is 5.32 Å². The first-order valence-corrected chi connectivity index (χ1v) is 6.32. The van der Waals surface area contributed by atoms with Crippen LogP contribution in [0, 0.1) is 17.6 Å². The van der Waals surface area contributed by atoms with E-state index in [2.05, 4.69) is 5.32 Å². The topological polar surface area (TPSA) is 12.0 Å². The summed E-state index contributed by atoms with van der Waals surface area (Å²) in [6.07, 6.45) is 5.34. The Bertz CT molecular complexity index is 374. The minimum atomic E-state index is -0.502. The van der Waals surface area contributed by atoms with Gasteiger partial charge in [0.2, 0.25) is 0 Å². The first-order valence-electron chi connectivity index (χ1n) is 6.32. The molecule has 1 aliphatic carbocycles. The van der Waals surface area contributed by atoms with Crippen molar-refractivity contribution in [3.05, 3.63) is 35.4 Å². The summed E-state index contributed by atoms with van der Waals surface area (Å²) < 4.78 is 26.1. The van der Waals surface area contributed by atoms with Crippen LogP contribution in [0.25, 0.3) is 0 Å². The van der Waals surface area contributed by atoms with E-state index in [0.29, 0.717) is 18.0 Å². The van der Waals surface area contributed by atoms with Crippen molar-refractivity contribution < 1.29 is 8.78 Å². The average Bonchev–Trinajstić information content (AvgIpc) is 3.11. The maximum atomic E-state index is 13.4. The Balaban J connectivity index is 1.80. The summed E-state index contributed by atoms with van der Waals surface area (Å²) >= 11 is 0. The summed E-state index contributed by atoms with van der Waals surface area (Å²) in [4.78, 5) is 0. The molecule has 1 aromatic rings. The predicted molar refractivity (Wildman–Crippen MR) is 64.9 cm³/mol. The van der Waals surface area contributed by atoms with Crippen LogP contribution in [0.5, 0.6) is 0 Å². The zero-order valence-electron chi connectivity index (χ0n) is 10.2. The van der Waals surface area contributed by atoms with Crippen molar-refractivity contribution >= 4 is 0 Å². The number of hydrogen-bond donors (Lipinski definition) is 1. The van der Waals surface area contributed by atoms with Gasteiger partial charge in [0.15, 0.2) is 0 Å². The minimum absolute atomic E-state index is 0.419. The molecule has 1 saturated carbocycles. The van der Waals surface area contributed by atoms with Crippen LogP contribution in [0.1, 0.15) is 31.2 Å². The quantitative estimate of drug-likeness (QED) is 0.803. The van der Waals surface area contributed by atoms with E-state index in [0.717, 1.165) is 24.8 Å². The fourth-order valence-corrected chi connectivity index (χ4v) is 2.35. The van der Waals surface area contributed by atoms with Gasteiger partial charge in [-0.15, -0.1) is 0 Å². The normalized spacial score (nSPS) is 17.1. The van der Waals surface area contributed by atoms with Gasteiger partial charge in [-0.1, -0.05) is 6.07 Å². The number of rotatable bonds is 6. The highest BCUT2D eigenvalue weighted by Gasteiger charge is 2.29. The van der Waals surface area contributed by atoms with Crippen LogP contribution >= 0.6 is 0 Å². The molecule has 0 saturated heterocycles. The summed E-state index contributed by atoms with van der Waals surface area (Å²) in [6, 6.07) is 4.41. The van der Waals surface area contributed by atoms with Gasteiger partial charge < -0.3 is 5.32 Å². The smallest absolute Gasteiger partial charge is 0.129 e. The molecule has 1 atom stereocenters. The Hall–Kier alpha value is -0.960. The number of nitrogens with one attached hydrogen (secondary N) is 1. The third kappa shape index (κ3) is 3.50. The van der Waals surface area contributed by atoms with Gasteiger partial charge >= 0.3 is 0 Å². The molecule has 3 heteroatoms. The lowest BCUT2D eigenvalue weighted by Crippen LogP contribution is -2.27. The molecule has 94 valence electrons. The SMILES string of the molecule is CNC(CCCc1ccc(F)cc1F)C1CC1. The van der Waals surface area contributed by atoms with E-state index in [-0.39, 0.29) is 0 Å². The lowest BCUT2D eigenvalue weighted by molar-refractivity contribution is 0.454. The average molecular weight is 239 g/mol. The molecule has 0 heterocycles. The van der Waals surface area contributed by atoms with Crippen molar-refractivity contribution in [1.29, 1.82) is 0 Å². The summed E-state index contributed by atoms with van der Waals surface area (Å²) in [5.41, 5.74) is 0.622. The molecule has 0 radical (unpaired) electrons. The number of halogens is 2. The van der Waals surface area contributed by atoms with Crippen LogP contribution in [0.15, 0.2) is 18.2 Å². The molecule has 0 aliphatic heterocycles. The van der Waals surface area contributed by atoms with E-state index in [1.165, 1.54) is 18.9 Å². The lowest BCUT2D eigenvalue weighted by atomic mass is 10.0. The summed E-state index contributed by atoms with van der Waals surface area (Å²) in [6.45, 7) is 0. The van der Waals surface area contributed by atoms with E-state index < -0.39 is 11.6 Å². The number of aryl methyl sites for hydroxylation is 1. The van der Waals surface area contributed by atoms with Gasteiger partial charge in [0, 0.05) is 12.1 Å². The molecule has 1 fully saturated rings. The number of hydrogen-bond acceptors (Lipinski definition) is 1. The van der Waals surface area contributed by atoms with Crippen LogP contribution in [0.4, 0.5) is 8.78 Å². The molecule has 1 N–H and O–H groups in total. The van der Waals surface area contributed by atoms with Crippen LogP contribution < -0.4 is 5.32 Å². The second-order valence-corrected chi connectivity index (χ2v) is 4.86. The van der Waals surface area contributed by atoms with Crippen LogP contribution in [0.2, 0.25) is 0 Å². The van der Waals surface area contributed by atoms with E-state index >= 15 is 0 Å². The molecule has 0 spiro atoms. The fourth-order valence-electron chi connectivity index (χ4n) is 2.35. The molecule has 1 unspecified atom stereocenters. The minimum Gasteiger partial charge on any atom is -0.317 e. The van der Waals surface area contributed by atoms with E-state index in [1.54, 1.807) is 6.07 Å². The third-order valence-corrected chi connectivity index (χ3v) is 3.54. The van der Waals surface area contributed by atoms with Crippen molar-refractivity contribution in [2.24, 2.45) is 5.92 Å². The van der Waals surface area contributed by atoms with Crippen LogP contribution in [-0.4, -0.2) is 13.1 Å². The molecule has 1 aromatic carbocycles. The Morgan fingerprint density at radius 1 is 1.35 bits per heavy atom. The standard InChI is InChI=1S/C14H19F2N/c1-17-14(11-5-6-11)4-2-3-10-7-8-12(15)9-13(10)16/h7-9,11,14,17H,2-6H2,1H3. The van der Waals surface area contributed by atoms with Gasteiger partial charge in [0.25, 0.3) is 0 Å². The largest absolute Gasteiger partial charge is 0.317 e. The van der Waals surface area contributed by atoms with E-state index in [1.807, 2.05) is 7.05 Å². The highest BCUT2D eigenvalue weighted by atomic mass is 19.1. The molecule has 0 aromatic heterocycles. The molecule has 0 amide bonds. The zero-order chi connectivity index (χ0) is 12.3. The van der Waals surface area contributed by atoms with Crippen LogP contribution in [0.3, 0.4) is 0 Å². The van der Waals surface area contributed by atoms with Gasteiger partial charge in [-0.2, -0.15) is 0 Å². The van der Waals surface area contributed by atoms with Gasteiger partial charge in [0.1, 0.15) is 11.6 Å². The van der Waals surface area contributed by atoms with Gasteiger partial charge in [0.05, 0.1) is 0 Å². The molecule has 17 heavy (non-hydrogen) atoms. The molecule has 0 bridgehead atoms. The summed E-state index contributed by atoms with van der Waals surface area (Å²) in [5.74, 6) is -0.104. The second-order valence-electron chi connectivity index (χ2n) is 4.86. The van der Waals surface area contributed by atoms with Crippen molar-refractivity contribution in [2.45, 2.75) is 38.1 Å². The first-order chi connectivity index (χ1) is 8.20. The first kappa shape index (κ1) is 12.5. The monoisotopic (exact) mass is 239 g/mol. The van der Waals surface area contributed by atoms with Crippen molar-refractivity contribution in [3.8, 4) is 0 Å². The van der Waals surface area contributed by atoms with Crippen LogP contribution in [-0.2, 0) is 6.42 Å². The lowest BCUT2D eigenvalue weighted by Gasteiger charge is -2.14.